The third-order valence-electron chi connectivity index (χ3n) is 4.57. The maximum atomic E-state index is 12.7. The van der Waals surface area contributed by atoms with E-state index in [2.05, 4.69) is 5.32 Å². The van der Waals surface area contributed by atoms with Crippen molar-refractivity contribution in [3.05, 3.63) is 52.5 Å². The number of nitrogens with zero attached hydrogens (tertiary/aromatic N) is 1. The molecule has 2 aromatic rings. The van der Waals surface area contributed by atoms with E-state index < -0.39 is 5.92 Å². The largest absolute Gasteiger partial charge is 0.495 e. The van der Waals surface area contributed by atoms with Crippen LogP contribution in [0.1, 0.15) is 17.5 Å². The van der Waals surface area contributed by atoms with Crippen LogP contribution in [-0.2, 0) is 9.59 Å². The van der Waals surface area contributed by atoms with E-state index in [0.29, 0.717) is 23.0 Å². The van der Waals surface area contributed by atoms with Gasteiger partial charge in [0.15, 0.2) is 0 Å². The fourth-order valence-corrected chi connectivity index (χ4v) is 3.31. The first-order valence-electron chi connectivity index (χ1n) is 8.41. The average molecular weight is 373 g/mol. The van der Waals surface area contributed by atoms with Gasteiger partial charge in [-0.3, -0.25) is 9.59 Å². The summed E-state index contributed by atoms with van der Waals surface area (Å²) >= 11 is 6.01. The number of nitrogens with one attached hydrogen (secondary N) is 1. The molecule has 1 aliphatic heterocycles. The Morgan fingerprint density at radius 3 is 2.73 bits per heavy atom. The first kappa shape index (κ1) is 18.3. The zero-order valence-electron chi connectivity index (χ0n) is 15.0. The average Bonchev–Trinajstić information content (AvgIpc) is 2.99. The Balaban J connectivity index is 1.77. The molecule has 0 bridgehead atoms. The number of carbonyl (C=O) groups is 2. The minimum atomic E-state index is -0.425. The van der Waals surface area contributed by atoms with Crippen molar-refractivity contribution in [1.29, 1.82) is 0 Å². The van der Waals surface area contributed by atoms with E-state index in [4.69, 9.17) is 16.3 Å². The van der Waals surface area contributed by atoms with Crippen molar-refractivity contribution in [2.24, 2.45) is 5.92 Å². The van der Waals surface area contributed by atoms with E-state index in [9.17, 15) is 9.59 Å². The topological polar surface area (TPSA) is 58.6 Å². The fourth-order valence-electron chi connectivity index (χ4n) is 3.14. The lowest BCUT2D eigenvalue weighted by Gasteiger charge is -2.20. The minimum Gasteiger partial charge on any atom is -0.495 e. The number of hydrogen-bond donors (Lipinski definition) is 1. The second kappa shape index (κ2) is 7.38. The molecule has 0 aliphatic carbocycles. The summed E-state index contributed by atoms with van der Waals surface area (Å²) in [6.07, 6.45) is 0.183. The molecule has 6 heteroatoms. The molecule has 5 nitrogen and oxygen atoms in total. The highest BCUT2D eigenvalue weighted by Gasteiger charge is 2.36. The molecule has 0 radical (unpaired) electrons. The van der Waals surface area contributed by atoms with E-state index in [1.807, 2.05) is 32.0 Å². The predicted molar refractivity (Wildman–Crippen MR) is 103 cm³/mol. The molecule has 26 heavy (non-hydrogen) atoms. The number of hydrogen-bond acceptors (Lipinski definition) is 3. The maximum absolute atomic E-state index is 12.7. The van der Waals surface area contributed by atoms with Gasteiger partial charge in [-0.15, -0.1) is 0 Å². The third-order valence-corrected chi connectivity index (χ3v) is 4.81. The number of anilines is 2. The summed E-state index contributed by atoms with van der Waals surface area (Å²) in [5.74, 6) is -0.159. The summed E-state index contributed by atoms with van der Waals surface area (Å²) in [6.45, 7) is 4.31. The van der Waals surface area contributed by atoms with Gasteiger partial charge >= 0.3 is 0 Å². The van der Waals surface area contributed by atoms with Crippen LogP contribution in [0, 0.1) is 19.8 Å². The highest BCUT2D eigenvalue weighted by Crippen LogP contribution is 2.31. The number of benzene rings is 2. The molecule has 2 aromatic carbocycles. The van der Waals surface area contributed by atoms with Crippen molar-refractivity contribution in [2.75, 3.05) is 23.9 Å². The maximum Gasteiger partial charge on any atom is 0.229 e. The Hall–Kier alpha value is -2.53. The van der Waals surface area contributed by atoms with Gasteiger partial charge in [0.2, 0.25) is 11.8 Å². The van der Waals surface area contributed by atoms with Crippen LogP contribution in [0.2, 0.25) is 5.02 Å². The minimum absolute atomic E-state index is 0.0445. The van der Waals surface area contributed by atoms with E-state index in [1.165, 1.54) is 7.11 Å². The number of methoxy groups -OCH3 is 1. The zero-order chi connectivity index (χ0) is 18.8. The summed E-state index contributed by atoms with van der Waals surface area (Å²) in [5.41, 5.74) is 3.46. The number of amides is 2. The number of aryl methyl sites for hydroxylation is 2. The van der Waals surface area contributed by atoms with Gasteiger partial charge in [-0.2, -0.15) is 0 Å². The zero-order valence-corrected chi connectivity index (χ0v) is 15.8. The SMILES string of the molecule is COc1ccc(Cl)cc1NC(=O)[C@@H]1CC(=O)N(c2cc(C)ccc2C)C1. The van der Waals surface area contributed by atoms with Gasteiger partial charge in [0, 0.05) is 23.7 Å². The summed E-state index contributed by atoms with van der Waals surface area (Å²) in [4.78, 5) is 26.9. The van der Waals surface area contributed by atoms with Crippen molar-refractivity contribution in [3.8, 4) is 5.75 Å². The number of ether oxygens (including phenoxy) is 1. The fraction of sp³-hybridized carbons (Fsp3) is 0.300. The second-order valence-electron chi connectivity index (χ2n) is 6.53. The second-order valence-corrected chi connectivity index (χ2v) is 6.97. The molecule has 0 aromatic heterocycles. The normalized spacial score (nSPS) is 16.7. The quantitative estimate of drug-likeness (QED) is 0.883. The molecule has 2 amide bonds. The van der Waals surface area contributed by atoms with Crippen LogP contribution in [0.25, 0.3) is 0 Å². The molecule has 0 saturated carbocycles. The van der Waals surface area contributed by atoms with Crippen molar-refractivity contribution < 1.29 is 14.3 Å². The Bertz CT molecular complexity index is 866. The highest BCUT2D eigenvalue weighted by molar-refractivity contribution is 6.31. The molecule has 1 aliphatic rings. The molecule has 3 rings (SSSR count). The summed E-state index contributed by atoms with van der Waals surface area (Å²) in [6, 6.07) is 11.0. The first-order chi connectivity index (χ1) is 12.4. The van der Waals surface area contributed by atoms with Crippen LogP contribution in [0.3, 0.4) is 0 Å². The molecule has 136 valence electrons. The lowest BCUT2D eigenvalue weighted by molar-refractivity contribution is -0.122. The lowest BCUT2D eigenvalue weighted by Crippen LogP contribution is -2.28. The van der Waals surface area contributed by atoms with Crippen LogP contribution < -0.4 is 15.0 Å². The molecule has 1 fully saturated rings. The predicted octanol–water partition coefficient (Wildman–Crippen LogP) is 3.96. The summed E-state index contributed by atoms with van der Waals surface area (Å²) in [7, 11) is 1.53. The molecule has 1 N–H and O–H groups in total. The molecule has 1 heterocycles. The Morgan fingerprint density at radius 2 is 2.00 bits per heavy atom. The van der Waals surface area contributed by atoms with E-state index in [1.54, 1.807) is 23.1 Å². The van der Waals surface area contributed by atoms with Crippen molar-refractivity contribution in [2.45, 2.75) is 20.3 Å². The van der Waals surface area contributed by atoms with Crippen LogP contribution in [0.15, 0.2) is 36.4 Å². The van der Waals surface area contributed by atoms with Crippen LogP contribution in [-0.4, -0.2) is 25.5 Å². The van der Waals surface area contributed by atoms with Gasteiger partial charge in [-0.05, 0) is 49.2 Å². The van der Waals surface area contributed by atoms with E-state index in [0.717, 1.165) is 16.8 Å². The Kier molecular flexibility index (Phi) is 5.18. The van der Waals surface area contributed by atoms with Crippen molar-refractivity contribution >= 4 is 34.8 Å². The molecule has 0 unspecified atom stereocenters. The van der Waals surface area contributed by atoms with Gasteiger partial charge in [0.1, 0.15) is 5.75 Å². The van der Waals surface area contributed by atoms with Gasteiger partial charge in [0.25, 0.3) is 0 Å². The number of halogens is 1. The number of carbonyl (C=O) groups excluding carboxylic acids is 2. The smallest absolute Gasteiger partial charge is 0.229 e. The Morgan fingerprint density at radius 1 is 1.23 bits per heavy atom. The van der Waals surface area contributed by atoms with Crippen LogP contribution >= 0.6 is 11.6 Å². The van der Waals surface area contributed by atoms with Gasteiger partial charge < -0.3 is 15.0 Å². The first-order valence-corrected chi connectivity index (χ1v) is 8.79. The van der Waals surface area contributed by atoms with Crippen molar-refractivity contribution in [1.82, 2.24) is 0 Å². The third kappa shape index (κ3) is 3.68. The molecule has 1 atom stereocenters. The molecule has 1 saturated heterocycles. The summed E-state index contributed by atoms with van der Waals surface area (Å²) in [5, 5.41) is 3.34. The monoisotopic (exact) mass is 372 g/mol. The van der Waals surface area contributed by atoms with E-state index in [-0.39, 0.29) is 18.2 Å². The number of rotatable bonds is 4. The molecule has 0 spiro atoms. The van der Waals surface area contributed by atoms with Crippen LogP contribution in [0.4, 0.5) is 11.4 Å². The van der Waals surface area contributed by atoms with Crippen LogP contribution in [0.5, 0.6) is 5.75 Å². The lowest BCUT2D eigenvalue weighted by atomic mass is 10.1. The van der Waals surface area contributed by atoms with Gasteiger partial charge in [-0.25, -0.2) is 0 Å². The summed E-state index contributed by atoms with van der Waals surface area (Å²) < 4.78 is 5.25. The molecular weight excluding hydrogens is 352 g/mol. The van der Waals surface area contributed by atoms with Gasteiger partial charge in [0.05, 0.1) is 18.7 Å². The van der Waals surface area contributed by atoms with E-state index >= 15 is 0 Å². The molecular formula is C20H21ClN2O3. The standard InChI is InChI=1S/C20H21ClN2O3/c1-12-4-5-13(2)17(8-12)23-11-14(9-19(23)24)20(25)22-16-10-15(21)6-7-18(16)26-3/h4-8,10,14H,9,11H2,1-3H3,(H,22,25)/t14-/m1/s1. The Labute approximate surface area is 157 Å². The highest BCUT2D eigenvalue weighted by atomic mass is 35.5. The van der Waals surface area contributed by atoms with Gasteiger partial charge in [-0.1, -0.05) is 23.7 Å². The van der Waals surface area contributed by atoms with Crippen molar-refractivity contribution in [3.63, 3.8) is 0 Å².